The van der Waals surface area contributed by atoms with Crippen LogP contribution in [0.1, 0.15) is 152 Å². The number of nitrogens with two attached hydrogens (primary N) is 1. The van der Waals surface area contributed by atoms with Crippen molar-refractivity contribution in [1.82, 2.24) is 14.6 Å². The molecule has 5 heteroatoms. The normalized spacial score (nSPS) is 9.98. The quantitative estimate of drug-likeness (QED) is 0.120. The highest BCUT2D eigenvalue weighted by Crippen LogP contribution is 2.35. The number of nitrogen functional groups attached to an aromatic ring is 1. The summed E-state index contributed by atoms with van der Waals surface area (Å²) in [6.07, 6.45) is 23.5. The van der Waals surface area contributed by atoms with Crippen molar-refractivity contribution in [2.75, 3.05) is 0 Å². The van der Waals surface area contributed by atoms with Gasteiger partial charge in [-0.15, -0.1) is 0 Å². The van der Waals surface area contributed by atoms with Gasteiger partial charge in [-0.1, -0.05) is 144 Å². The van der Waals surface area contributed by atoms with Gasteiger partial charge in [-0.2, -0.15) is 0 Å². The lowest BCUT2D eigenvalue weighted by Gasteiger charge is -2.17. The van der Waals surface area contributed by atoms with E-state index in [2.05, 4.69) is 65.2 Å². The molecule has 50 heavy (non-hydrogen) atoms. The summed E-state index contributed by atoms with van der Waals surface area (Å²) in [5, 5.41) is 0. The second kappa shape index (κ2) is 29.1. The van der Waals surface area contributed by atoms with E-state index in [1.807, 2.05) is 164 Å². The molecule has 0 atom stereocenters. The van der Waals surface area contributed by atoms with Crippen molar-refractivity contribution in [2.45, 2.75) is 96.9 Å². The van der Waals surface area contributed by atoms with Gasteiger partial charge >= 0.3 is 0 Å². The molecule has 5 nitrogen and oxygen atoms in total. The van der Waals surface area contributed by atoms with Crippen molar-refractivity contribution in [1.29, 1.82) is 0 Å². The van der Waals surface area contributed by atoms with E-state index in [0.717, 1.165) is 56.4 Å². The van der Waals surface area contributed by atoms with Gasteiger partial charge in [0.05, 0.1) is 22.8 Å². The summed E-state index contributed by atoms with van der Waals surface area (Å²) < 4.78 is 4.12. The third kappa shape index (κ3) is 11.6. The molecular weight excluding hydrogens is 613 g/mol. The van der Waals surface area contributed by atoms with Crippen LogP contribution in [0.25, 0.3) is 60.0 Å². The summed E-state index contributed by atoms with van der Waals surface area (Å²) in [7, 11) is 0. The SMILES string of the molecule is C=Cc1c(/C=C\C)c(/C=C\C)c(C=C)n1-c1cc(C(=O)NN)cc(-n2c(C=C)c(/C=C\C)c(/C=C\C)c2C=C)c1.CC.CC.CC.CC.CC. The highest BCUT2D eigenvalue weighted by atomic mass is 16.2. The van der Waals surface area contributed by atoms with E-state index in [0.29, 0.717) is 5.56 Å². The molecule has 0 radical (unpaired) electrons. The van der Waals surface area contributed by atoms with Gasteiger partial charge in [0, 0.05) is 39.2 Å². The Hall–Kier alpha value is -4.87. The molecule has 0 unspecified atom stereocenters. The Balaban J connectivity index is -0.00000202. The minimum atomic E-state index is -0.410. The number of allylic oxidation sites excluding steroid dienone is 4. The van der Waals surface area contributed by atoms with Crippen LogP contribution in [-0.2, 0) is 0 Å². The first kappa shape index (κ1) is 49.5. The highest BCUT2D eigenvalue weighted by molar-refractivity contribution is 5.95. The number of nitrogens with one attached hydrogen (secondary N) is 1. The second-order valence-corrected chi connectivity index (χ2v) is 8.89. The molecular formula is C45H68N4O. The average molecular weight is 681 g/mol. The van der Waals surface area contributed by atoms with Crippen molar-refractivity contribution < 1.29 is 4.79 Å². The van der Waals surface area contributed by atoms with Crippen LogP contribution in [0.4, 0.5) is 0 Å². The van der Waals surface area contributed by atoms with Gasteiger partial charge in [0.2, 0.25) is 0 Å². The highest BCUT2D eigenvalue weighted by Gasteiger charge is 2.22. The van der Waals surface area contributed by atoms with E-state index in [-0.39, 0.29) is 0 Å². The lowest BCUT2D eigenvalue weighted by Crippen LogP contribution is -2.30. The van der Waals surface area contributed by atoms with Gasteiger partial charge in [-0.3, -0.25) is 10.2 Å². The molecule has 1 aromatic carbocycles. The van der Waals surface area contributed by atoms with E-state index >= 15 is 0 Å². The zero-order valence-corrected chi connectivity index (χ0v) is 33.9. The molecule has 2 heterocycles. The summed E-state index contributed by atoms with van der Waals surface area (Å²) in [4.78, 5) is 13.0. The Labute approximate surface area is 306 Å². The molecule has 274 valence electrons. The van der Waals surface area contributed by atoms with Gasteiger partial charge in [0.1, 0.15) is 0 Å². The third-order valence-electron chi connectivity index (χ3n) is 6.57. The van der Waals surface area contributed by atoms with Crippen LogP contribution in [0.2, 0.25) is 0 Å². The third-order valence-corrected chi connectivity index (χ3v) is 6.57. The molecule has 1 amide bonds. The number of carbonyl (C=O) groups is 1. The molecule has 0 fully saturated rings. The number of hydrazine groups is 1. The fraction of sp³-hybridized carbons (Fsp3) is 0.311. The first-order valence-corrected chi connectivity index (χ1v) is 18.2. The Bertz CT molecular complexity index is 1410. The number of amides is 1. The van der Waals surface area contributed by atoms with Crippen LogP contribution in [0.15, 0.2) is 68.8 Å². The van der Waals surface area contributed by atoms with E-state index < -0.39 is 5.91 Å². The van der Waals surface area contributed by atoms with Crippen molar-refractivity contribution >= 4 is 54.5 Å². The van der Waals surface area contributed by atoms with E-state index in [4.69, 9.17) is 5.84 Å². The first-order valence-electron chi connectivity index (χ1n) is 18.2. The molecule has 0 spiro atoms. The molecule has 0 aliphatic rings. The zero-order valence-electron chi connectivity index (χ0n) is 33.9. The van der Waals surface area contributed by atoms with E-state index in [1.54, 1.807) is 0 Å². The standard InChI is InChI=1S/C35H38N4O.5C2H6/c1-9-17-27-28(18-10-2)32(14-6)38(31(27)13-5)25-21-24(35(40)37-36)22-26(23-25)39-33(15-7)29(19-11-3)30(20-12-4)34(39)16-8;5*1-2/h9-23H,5-8,36H2,1-4H3,(H,37,40);5*1-2H3/b17-9-,18-10-,19-11-,20-12-;;;;;. The topological polar surface area (TPSA) is 65.0 Å². The number of hydrogen-bond donors (Lipinski definition) is 2. The second-order valence-electron chi connectivity index (χ2n) is 8.89. The van der Waals surface area contributed by atoms with Crippen molar-refractivity contribution in [2.24, 2.45) is 5.84 Å². The maximum absolute atomic E-state index is 13.0. The number of rotatable bonds is 11. The lowest BCUT2D eigenvalue weighted by atomic mass is 10.1. The van der Waals surface area contributed by atoms with Gasteiger partial charge in [0.25, 0.3) is 5.91 Å². The molecule has 3 N–H and O–H groups in total. The average Bonchev–Trinajstić information content (AvgIpc) is 3.65. The fourth-order valence-electron chi connectivity index (χ4n) is 5.09. The molecule has 0 aliphatic carbocycles. The largest absolute Gasteiger partial charge is 0.309 e. The number of aromatic nitrogens is 2. The molecule has 2 aromatic heterocycles. The Kier molecular flexibility index (Phi) is 28.8. The van der Waals surface area contributed by atoms with Gasteiger partial charge in [-0.25, -0.2) is 5.84 Å². The van der Waals surface area contributed by atoms with Crippen LogP contribution in [0.3, 0.4) is 0 Å². The van der Waals surface area contributed by atoms with Gasteiger partial charge < -0.3 is 9.13 Å². The van der Waals surface area contributed by atoms with E-state index in [1.165, 1.54) is 0 Å². The Morgan fingerprint density at radius 1 is 0.520 bits per heavy atom. The maximum atomic E-state index is 13.0. The van der Waals surface area contributed by atoms with Crippen molar-refractivity contribution in [3.05, 3.63) is 119 Å². The van der Waals surface area contributed by atoms with Crippen molar-refractivity contribution in [3.8, 4) is 11.4 Å². The van der Waals surface area contributed by atoms with Crippen LogP contribution in [0.5, 0.6) is 0 Å². The fourth-order valence-corrected chi connectivity index (χ4v) is 5.09. The van der Waals surface area contributed by atoms with Crippen LogP contribution in [0, 0.1) is 0 Å². The predicted molar refractivity (Wildman–Crippen MR) is 233 cm³/mol. The first-order chi connectivity index (χ1) is 24.4. The Morgan fingerprint density at radius 2 is 0.760 bits per heavy atom. The predicted octanol–water partition coefficient (Wildman–Crippen LogP) is 13.7. The molecule has 3 aromatic rings. The summed E-state index contributed by atoms with van der Waals surface area (Å²) in [5.41, 5.74) is 11.7. The molecule has 0 saturated heterocycles. The van der Waals surface area contributed by atoms with Crippen LogP contribution < -0.4 is 11.3 Å². The number of carbonyl (C=O) groups excluding carboxylic acids is 1. The molecule has 0 aliphatic heterocycles. The zero-order chi connectivity index (χ0) is 39.4. The van der Waals surface area contributed by atoms with Gasteiger partial charge in [0.15, 0.2) is 0 Å². The van der Waals surface area contributed by atoms with Crippen LogP contribution in [-0.4, -0.2) is 15.0 Å². The molecule has 0 bridgehead atoms. The number of benzene rings is 1. The van der Waals surface area contributed by atoms with E-state index in [9.17, 15) is 4.79 Å². The lowest BCUT2D eigenvalue weighted by molar-refractivity contribution is 0.0953. The summed E-state index contributed by atoms with van der Waals surface area (Å²) in [6.45, 7) is 44.4. The molecule has 0 saturated carbocycles. The monoisotopic (exact) mass is 681 g/mol. The van der Waals surface area contributed by atoms with Crippen LogP contribution >= 0.6 is 0 Å². The number of nitrogens with zero attached hydrogens (tertiary/aromatic N) is 2. The summed E-state index contributed by atoms with van der Waals surface area (Å²) in [5.74, 6) is 5.20. The minimum absolute atomic E-state index is 0.396. The smallest absolute Gasteiger partial charge is 0.265 e. The Morgan fingerprint density at radius 3 is 0.940 bits per heavy atom. The summed E-state index contributed by atoms with van der Waals surface area (Å²) in [6, 6.07) is 5.66. The molecule has 3 rings (SSSR count). The minimum Gasteiger partial charge on any atom is -0.309 e. The van der Waals surface area contributed by atoms with Crippen molar-refractivity contribution in [3.63, 3.8) is 0 Å². The number of hydrogen-bond acceptors (Lipinski definition) is 2. The maximum Gasteiger partial charge on any atom is 0.265 e. The summed E-state index contributed by atoms with van der Waals surface area (Å²) >= 11 is 0. The van der Waals surface area contributed by atoms with Gasteiger partial charge in [-0.05, 0) is 70.2 Å².